The highest BCUT2D eigenvalue weighted by atomic mass is 32.2. The summed E-state index contributed by atoms with van der Waals surface area (Å²) in [6, 6.07) is 7.81. The van der Waals surface area contributed by atoms with Crippen molar-refractivity contribution in [1.29, 1.82) is 5.26 Å². The first kappa shape index (κ1) is 19.1. The summed E-state index contributed by atoms with van der Waals surface area (Å²) >= 11 is 0. The van der Waals surface area contributed by atoms with Crippen molar-refractivity contribution in [2.75, 3.05) is 20.1 Å². The van der Waals surface area contributed by atoms with E-state index in [1.54, 1.807) is 40.0 Å². The van der Waals surface area contributed by atoms with E-state index in [1.165, 1.54) is 21.3 Å². The molecule has 1 rings (SSSR count). The summed E-state index contributed by atoms with van der Waals surface area (Å²) in [4.78, 5) is 14.0. The van der Waals surface area contributed by atoms with E-state index < -0.39 is 10.0 Å². The fourth-order valence-electron chi connectivity index (χ4n) is 2.18. The lowest BCUT2D eigenvalue weighted by molar-refractivity contribution is 0.0746. The molecule has 0 aliphatic heterocycles. The highest BCUT2D eigenvalue weighted by Crippen LogP contribution is 2.18. The Morgan fingerprint density at radius 1 is 1.30 bits per heavy atom. The van der Waals surface area contributed by atoms with Crippen molar-refractivity contribution in [2.45, 2.75) is 38.1 Å². The average molecular weight is 337 g/mol. The van der Waals surface area contributed by atoms with Crippen molar-refractivity contribution in [3.8, 4) is 6.07 Å². The number of carbonyl (C=O) groups excluding carboxylic acids is 1. The molecular formula is C16H23N3O3S. The molecule has 1 aromatic carbocycles. The van der Waals surface area contributed by atoms with Crippen LogP contribution in [0, 0.1) is 11.3 Å². The van der Waals surface area contributed by atoms with Crippen molar-refractivity contribution in [1.82, 2.24) is 9.21 Å². The number of hydrogen-bond acceptors (Lipinski definition) is 4. The van der Waals surface area contributed by atoms with Gasteiger partial charge in [-0.15, -0.1) is 0 Å². The molecule has 0 aliphatic carbocycles. The molecule has 1 atom stereocenters. The molecule has 7 heteroatoms. The number of amides is 1. The molecule has 0 spiro atoms. The van der Waals surface area contributed by atoms with E-state index in [4.69, 9.17) is 5.26 Å². The van der Waals surface area contributed by atoms with Crippen LogP contribution in [0.1, 0.15) is 37.6 Å². The zero-order valence-electron chi connectivity index (χ0n) is 14.0. The molecular weight excluding hydrogens is 314 g/mol. The van der Waals surface area contributed by atoms with E-state index in [1.807, 2.05) is 6.07 Å². The third kappa shape index (κ3) is 4.30. The number of benzene rings is 1. The molecule has 23 heavy (non-hydrogen) atoms. The molecule has 0 saturated carbocycles. The van der Waals surface area contributed by atoms with Crippen molar-refractivity contribution in [3.63, 3.8) is 0 Å². The van der Waals surface area contributed by atoms with Gasteiger partial charge in [0.1, 0.15) is 0 Å². The monoisotopic (exact) mass is 337 g/mol. The van der Waals surface area contributed by atoms with Gasteiger partial charge in [0.15, 0.2) is 0 Å². The minimum atomic E-state index is -3.60. The Kier molecular flexibility index (Phi) is 6.73. The summed E-state index contributed by atoms with van der Waals surface area (Å²) in [5.74, 6) is -0.302. The van der Waals surface area contributed by atoms with E-state index in [2.05, 4.69) is 0 Å². The topological polar surface area (TPSA) is 81.5 Å². The van der Waals surface area contributed by atoms with Crippen molar-refractivity contribution >= 4 is 15.9 Å². The fourth-order valence-corrected chi connectivity index (χ4v) is 3.68. The fraction of sp³-hybridized carbons (Fsp3) is 0.500. The molecule has 1 amide bonds. The second-order valence-corrected chi connectivity index (χ2v) is 7.18. The molecule has 0 aliphatic rings. The van der Waals surface area contributed by atoms with Crippen LogP contribution in [-0.2, 0) is 10.0 Å². The number of rotatable bonds is 7. The summed E-state index contributed by atoms with van der Waals surface area (Å²) in [7, 11) is -2.00. The number of nitriles is 1. The predicted molar refractivity (Wildman–Crippen MR) is 88.3 cm³/mol. The maximum absolute atomic E-state index is 12.5. The standard InChI is InChI=1S/C16H23N3O3S/c1-5-19(6-2)23(21,22)15-9-7-8-14(12-15)16(20)18(4)13(3)10-11-17/h7-9,12-13H,5-6,10H2,1-4H3. The second-order valence-electron chi connectivity index (χ2n) is 5.24. The number of nitrogens with zero attached hydrogens (tertiary/aromatic N) is 3. The third-order valence-electron chi connectivity index (χ3n) is 3.79. The molecule has 126 valence electrons. The number of sulfonamides is 1. The van der Waals surface area contributed by atoms with Crippen molar-refractivity contribution < 1.29 is 13.2 Å². The molecule has 1 unspecified atom stereocenters. The van der Waals surface area contributed by atoms with Crippen LogP contribution in [0.5, 0.6) is 0 Å². The van der Waals surface area contributed by atoms with Gasteiger partial charge in [0, 0.05) is 31.7 Å². The molecule has 0 radical (unpaired) electrons. The van der Waals surface area contributed by atoms with Crippen LogP contribution in [0.25, 0.3) is 0 Å². The Hall–Kier alpha value is -1.91. The number of carbonyl (C=O) groups is 1. The largest absolute Gasteiger partial charge is 0.338 e. The molecule has 1 aromatic rings. The van der Waals surface area contributed by atoms with Gasteiger partial charge in [0.2, 0.25) is 10.0 Å². The first-order chi connectivity index (χ1) is 10.8. The Labute approximate surface area is 138 Å². The van der Waals surface area contributed by atoms with E-state index >= 15 is 0 Å². The van der Waals surface area contributed by atoms with Gasteiger partial charge in [-0.25, -0.2) is 8.42 Å². The lowest BCUT2D eigenvalue weighted by Crippen LogP contribution is -2.35. The van der Waals surface area contributed by atoms with Crippen LogP contribution in [-0.4, -0.2) is 49.7 Å². The van der Waals surface area contributed by atoms with Gasteiger partial charge in [-0.1, -0.05) is 19.9 Å². The van der Waals surface area contributed by atoms with Gasteiger partial charge in [-0.2, -0.15) is 9.57 Å². The van der Waals surface area contributed by atoms with Crippen LogP contribution >= 0.6 is 0 Å². The van der Waals surface area contributed by atoms with Crippen LogP contribution in [0.2, 0.25) is 0 Å². The predicted octanol–water partition coefficient (Wildman–Crippen LogP) is 2.09. The zero-order valence-corrected chi connectivity index (χ0v) is 14.8. The average Bonchev–Trinajstić information content (AvgIpc) is 2.54. The van der Waals surface area contributed by atoms with Crippen molar-refractivity contribution in [3.05, 3.63) is 29.8 Å². The highest BCUT2D eigenvalue weighted by Gasteiger charge is 2.24. The van der Waals surface area contributed by atoms with E-state index in [9.17, 15) is 13.2 Å². The Bertz CT molecular complexity index is 691. The summed E-state index contributed by atoms with van der Waals surface area (Å²) in [5, 5.41) is 8.73. The Morgan fingerprint density at radius 3 is 2.43 bits per heavy atom. The lowest BCUT2D eigenvalue weighted by Gasteiger charge is -2.23. The van der Waals surface area contributed by atoms with Gasteiger partial charge < -0.3 is 4.90 Å². The van der Waals surface area contributed by atoms with Crippen LogP contribution in [0.4, 0.5) is 0 Å². The molecule has 0 bridgehead atoms. The normalized spacial score (nSPS) is 12.7. The molecule has 6 nitrogen and oxygen atoms in total. The van der Waals surface area contributed by atoms with Crippen LogP contribution in [0.3, 0.4) is 0 Å². The van der Waals surface area contributed by atoms with Gasteiger partial charge >= 0.3 is 0 Å². The Morgan fingerprint density at radius 2 is 1.91 bits per heavy atom. The summed E-state index contributed by atoms with van der Waals surface area (Å²) < 4.78 is 26.4. The summed E-state index contributed by atoms with van der Waals surface area (Å²) in [6.07, 6.45) is 0.222. The second kappa shape index (κ2) is 8.09. The molecule has 0 fully saturated rings. The molecule has 0 aromatic heterocycles. The lowest BCUT2D eigenvalue weighted by atomic mass is 10.1. The molecule has 0 saturated heterocycles. The third-order valence-corrected chi connectivity index (χ3v) is 5.84. The van der Waals surface area contributed by atoms with Crippen molar-refractivity contribution in [2.24, 2.45) is 0 Å². The quantitative estimate of drug-likeness (QED) is 0.763. The van der Waals surface area contributed by atoms with Gasteiger partial charge in [-0.05, 0) is 25.1 Å². The first-order valence-corrected chi connectivity index (χ1v) is 8.97. The highest BCUT2D eigenvalue weighted by molar-refractivity contribution is 7.89. The van der Waals surface area contributed by atoms with E-state index in [0.29, 0.717) is 18.7 Å². The summed E-state index contributed by atoms with van der Waals surface area (Å²) in [5.41, 5.74) is 0.297. The Balaban J connectivity index is 3.15. The van der Waals surface area contributed by atoms with Crippen LogP contribution < -0.4 is 0 Å². The summed E-state index contributed by atoms with van der Waals surface area (Å²) in [6.45, 7) is 6.06. The minimum Gasteiger partial charge on any atom is -0.338 e. The van der Waals surface area contributed by atoms with Gasteiger partial charge in [0.25, 0.3) is 5.91 Å². The van der Waals surface area contributed by atoms with Crippen LogP contribution in [0.15, 0.2) is 29.2 Å². The maximum Gasteiger partial charge on any atom is 0.253 e. The molecule has 0 N–H and O–H groups in total. The van der Waals surface area contributed by atoms with Gasteiger partial charge in [-0.3, -0.25) is 4.79 Å². The van der Waals surface area contributed by atoms with E-state index in [0.717, 1.165) is 0 Å². The molecule has 0 heterocycles. The smallest absolute Gasteiger partial charge is 0.253 e. The number of hydrogen-bond donors (Lipinski definition) is 0. The zero-order chi connectivity index (χ0) is 17.6. The maximum atomic E-state index is 12.5. The van der Waals surface area contributed by atoms with Gasteiger partial charge in [0.05, 0.1) is 17.4 Å². The minimum absolute atomic E-state index is 0.105. The SMILES string of the molecule is CCN(CC)S(=O)(=O)c1cccc(C(=O)N(C)C(C)CC#N)c1. The first-order valence-electron chi connectivity index (χ1n) is 7.53. The van der Waals surface area contributed by atoms with E-state index in [-0.39, 0.29) is 23.3 Å².